The van der Waals surface area contributed by atoms with Crippen molar-refractivity contribution >= 4 is 0 Å². The molecule has 3 fully saturated rings. The first-order valence-corrected chi connectivity index (χ1v) is 12.5. The van der Waals surface area contributed by atoms with E-state index in [-0.39, 0.29) is 0 Å². The summed E-state index contributed by atoms with van der Waals surface area (Å²) in [4.78, 5) is 0. The van der Waals surface area contributed by atoms with Crippen LogP contribution >= 0.6 is 0 Å². The summed E-state index contributed by atoms with van der Waals surface area (Å²) >= 11 is 0. The maximum Gasteiger partial charge on any atom is 0.163 e. The van der Waals surface area contributed by atoms with Gasteiger partial charge in [-0.3, -0.25) is 0 Å². The van der Waals surface area contributed by atoms with Gasteiger partial charge in [-0.15, -0.1) is 0 Å². The summed E-state index contributed by atoms with van der Waals surface area (Å²) in [6.45, 7) is 18.1. The van der Waals surface area contributed by atoms with Gasteiger partial charge in [-0.05, 0) is 101 Å². The zero-order valence-electron chi connectivity index (χ0n) is 20.9. The second-order valence-electron chi connectivity index (χ2n) is 11.8. The Labute approximate surface area is 191 Å². The molecule has 1 aliphatic heterocycles. The van der Waals surface area contributed by atoms with Crippen molar-refractivity contribution in [2.75, 3.05) is 13.2 Å². The van der Waals surface area contributed by atoms with Gasteiger partial charge in [0.25, 0.3) is 0 Å². The lowest BCUT2D eigenvalue weighted by Gasteiger charge is -2.44. The Bertz CT molecular complexity index is 708. The Morgan fingerprint density at radius 3 is 2.58 bits per heavy atom. The van der Waals surface area contributed by atoms with Crippen LogP contribution in [-0.2, 0) is 9.47 Å². The molecule has 2 saturated carbocycles. The fraction of sp³-hybridized carbons (Fsp3) is 0.786. The summed E-state index contributed by atoms with van der Waals surface area (Å²) in [6.07, 6.45) is 14.4. The molecule has 0 radical (unpaired) electrons. The molecule has 4 atom stereocenters. The number of fused-ring (bicyclic) bond motifs is 1. The van der Waals surface area contributed by atoms with Crippen molar-refractivity contribution in [3.8, 4) is 0 Å². The highest BCUT2D eigenvalue weighted by Gasteiger charge is 2.50. The first kappa shape index (κ1) is 24.7. The largest absolute Gasteiger partial charge is 0.390 e. The minimum Gasteiger partial charge on any atom is -0.390 e. The second-order valence-corrected chi connectivity index (χ2v) is 11.8. The van der Waals surface area contributed by atoms with Crippen molar-refractivity contribution in [2.45, 2.75) is 104 Å². The van der Waals surface area contributed by atoms with E-state index in [4.69, 9.17) is 9.47 Å². The van der Waals surface area contributed by atoms with Crippen LogP contribution in [0.1, 0.15) is 92.9 Å². The van der Waals surface area contributed by atoms with E-state index in [0.717, 1.165) is 30.3 Å². The molecule has 1 N–H and O–H groups in total. The molecule has 0 bridgehead atoms. The maximum atomic E-state index is 10.1. The van der Waals surface area contributed by atoms with E-state index in [9.17, 15) is 5.11 Å². The van der Waals surface area contributed by atoms with E-state index >= 15 is 0 Å². The first-order chi connectivity index (χ1) is 14.4. The molecule has 31 heavy (non-hydrogen) atoms. The van der Waals surface area contributed by atoms with Crippen molar-refractivity contribution in [1.29, 1.82) is 0 Å². The fourth-order valence-electron chi connectivity index (χ4n) is 6.39. The van der Waals surface area contributed by atoms with E-state index in [1.54, 1.807) is 5.57 Å². The van der Waals surface area contributed by atoms with Crippen LogP contribution in [0.3, 0.4) is 0 Å². The molecule has 1 saturated heterocycles. The number of aliphatic hydroxyl groups is 1. The Morgan fingerprint density at radius 2 is 1.87 bits per heavy atom. The number of rotatable bonds is 6. The van der Waals surface area contributed by atoms with E-state index < -0.39 is 11.4 Å². The summed E-state index contributed by atoms with van der Waals surface area (Å²) in [5.41, 5.74) is 3.70. The number of hydrogen-bond acceptors (Lipinski definition) is 3. The Kier molecular flexibility index (Phi) is 7.61. The molecule has 3 nitrogen and oxygen atoms in total. The van der Waals surface area contributed by atoms with Gasteiger partial charge < -0.3 is 14.6 Å². The molecule has 0 aromatic carbocycles. The molecule has 0 spiro atoms. The standard InChI is InChI=1S/C28H46O3/c1-20(10-8-16-26(3,4)29)24-14-15-25-22(11-9-17-28(24,25)7)12-13-23-19-31-27(5,6)30-18-21(23)2/h12-13,20,24-25,29H,2,8-11,14-19H2,1,3-7H3/b22-12+,23-13-/t20-,24-,25+,28-/m1/s1. The number of ether oxygens (including phenoxy) is 2. The van der Waals surface area contributed by atoms with Crippen LogP contribution in [-0.4, -0.2) is 29.7 Å². The van der Waals surface area contributed by atoms with Crippen molar-refractivity contribution in [3.63, 3.8) is 0 Å². The zero-order chi connectivity index (χ0) is 22.9. The van der Waals surface area contributed by atoms with Gasteiger partial charge in [0.15, 0.2) is 5.79 Å². The molecule has 0 aromatic rings. The second kappa shape index (κ2) is 9.53. The topological polar surface area (TPSA) is 38.7 Å². The zero-order valence-corrected chi connectivity index (χ0v) is 20.9. The van der Waals surface area contributed by atoms with Crippen LogP contribution in [0.25, 0.3) is 0 Å². The van der Waals surface area contributed by atoms with Gasteiger partial charge in [-0.2, -0.15) is 0 Å². The third-order valence-corrected chi connectivity index (χ3v) is 8.29. The van der Waals surface area contributed by atoms with E-state index in [1.807, 2.05) is 27.7 Å². The molecule has 0 unspecified atom stereocenters. The molecule has 3 rings (SSSR count). The van der Waals surface area contributed by atoms with Crippen LogP contribution in [0, 0.1) is 23.2 Å². The van der Waals surface area contributed by atoms with Crippen LogP contribution in [0.15, 0.2) is 35.5 Å². The minimum absolute atomic E-state index is 0.415. The minimum atomic E-state index is -0.546. The first-order valence-electron chi connectivity index (χ1n) is 12.5. The quantitative estimate of drug-likeness (QED) is 0.494. The van der Waals surface area contributed by atoms with E-state index in [1.165, 1.54) is 44.1 Å². The van der Waals surface area contributed by atoms with Crippen molar-refractivity contribution in [3.05, 3.63) is 35.5 Å². The molecular weight excluding hydrogens is 384 g/mol. The van der Waals surface area contributed by atoms with E-state index in [2.05, 4.69) is 32.6 Å². The van der Waals surface area contributed by atoms with Crippen molar-refractivity contribution < 1.29 is 14.6 Å². The van der Waals surface area contributed by atoms with Gasteiger partial charge in [0, 0.05) is 0 Å². The lowest BCUT2D eigenvalue weighted by atomic mass is 9.60. The summed E-state index contributed by atoms with van der Waals surface area (Å²) in [7, 11) is 0. The van der Waals surface area contributed by atoms with Gasteiger partial charge >= 0.3 is 0 Å². The molecule has 176 valence electrons. The molecular formula is C28H46O3. The number of allylic oxidation sites excluding steroid dienone is 3. The van der Waals surface area contributed by atoms with E-state index in [0.29, 0.717) is 24.5 Å². The summed E-state index contributed by atoms with van der Waals surface area (Å²) in [5.74, 6) is 1.67. The van der Waals surface area contributed by atoms with Crippen LogP contribution in [0.4, 0.5) is 0 Å². The monoisotopic (exact) mass is 430 g/mol. The lowest BCUT2D eigenvalue weighted by molar-refractivity contribution is -0.195. The smallest absolute Gasteiger partial charge is 0.163 e. The molecule has 3 aliphatic rings. The summed E-state index contributed by atoms with van der Waals surface area (Å²) in [5, 5.41) is 10.1. The van der Waals surface area contributed by atoms with Crippen LogP contribution in [0.2, 0.25) is 0 Å². The predicted molar refractivity (Wildman–Crippen MR) is 129 cm³/mol. The van der Waals surface area contributed by atoms with Crippen molar-refractivity contribution in [1.82, 2.24) is 0 Å². The normalized spacial score (nSPS) is 35.3. The van der Waals surface area contributed by atoms with Gasteiger partial charge in [-0.25, -0.2) is 0 Å². The molecule has 3 heteroatoms. The molecule has 2 aliphatic carbocycles. The Balaban J connectivity index is 1.69. The SMILES string of the molecule is C=C1COC(C)(C)OC/C1=C/C=C1\CCC[C@]2(C)[C@@H]([C@H](C)CCCC(C)(C)O)CC[C@@H]12. The number of hydrogen-bond donors (Lipinski definition) is 1. The highest BCUT2D eigenvalue weighted by atomic mass is 16.7. The molecule has 0 aromatic heterocycles. The van der Waals surface area contributed by atoms with Crippen LogP contribution in [0.5, 0.6) is 0 Å². The third-order valence-electron chi connectivity index (χ3n) is 8.29. The molecule has 0 amide bonds. The van der Waals surface area contributed by atoms with Gasteiger partial charge in [-0.1, -0.05) is 51.0 Å². The van der Waals surface area contributed by atoms with Crippen molar-refractivity contribution in [2.24, 2.45) is 23.2 Å². The summed E-state index contributed by atoms with van der Waals surface area (Å²) < 4.78 is 11.7. The van der Waals surface area contributed by atoms with Gasteiger partial charge in [0.2, 0.25) is 0 Å². The maximum absolute atomic E-state index is 10.1. The highest BCUT2D eigenvalue weighted by Crippen LogP contribution is 2.59. The molecule has 1 heterocycles. The Morgan fingerprint density at radius 1 is 1.16 bits per heavy atom. The van der Waals surface area contributed by atoms with Crippen LogP contribution < -0.4 is 0 Å². The average Bonchev–Trinajstić information content (AvgIpc) is 2.96. The van der Waals surface area contributed by atoms with Gasteiger partial charge in [0.1, 0.15) is 0 Å². The summed E-state index contributed by atoms with van der Waals surface area (Å²) in [6, 6.07) is 0. The third kappa shape index (κ3) is 6.12. The Hall–Kier alpha value is -0.900. The predicted octanol–water partition coefficient (Wildman–Crippen LogP) is 6.97. The average molecular weight is 431 g/mol. The highest BCUT2D eigenvalue weighted by molar-refractivity contribution is 5.35. The van der Waals surface area contributed by atoms with Gasteiger partial charge in [0.05, 0.1) is 18.8 Å². The fourth-order valence-corrected chi connectivity index (χ4v) is 6.39. The lowest BCUT2D eigenvalue weighted by Crippen LogP contribution is -2.36.